The summed E-state index contributed by atoms with van der Waals surface area (Å²) < 4.78 is 0. The second-order valence-electron chi connectivity index (χ2n) is 4.53. The minimum atomic E-state index is -1.06. The minimum absolute atomic E-state index is 0.689. The van der Waals surface area contributed by atoms with Crippen molar-refractivity contribution in [1.29, 1.82) is 0 Å². The van der Waals surface area contributed by atoms with E-state index in [-0.39, 0.29) is 0 Å². The van der Waals surface area contributed by atoms with Gasteiger partial charge in [0, 0.05) is 13.6 Å². The van der Waals surface area contributed by atoms with Crippen LogP contribution in [0.1, 0.15) is 26.7 Å². The summed E-state index contributed by atoms with van der Waals surface area (Å²) in [4.78, 5) is 10.5. The Bertz CT molecular complexity index is 185. The van der Waals surface area contributed by atoms with Crippen LogP contribution in [0.2, 0.25) is 25.2 Å². The maximum Gasteiger partial charge on any atom is 0.123 e. The van der Waals surface area contributed by atoms with Crippen LogP contribution in [0, 0.1) is 0 Å². The van der Waals surface area contributed by atoms with Gasteiger partial charge in [0.2, 0.25) is 0 Å². The lowest BCUT2D eigenvalue weighted by Crippen LogP contribution is -2.26. The van der Waals surface area contributed by atoms with Crippen molar-refractivity contribution >= 4 is 14.0 Å². The third kappa shape index (κ3) is 3.89. The summed E-state index contributed by atoms with van der Waals surface area (Å²) >= 11 is 0. The first-order valence-corrected chi connectivity index (χ1v) is 8.22. The number of hydrogen-bond acceptors (Lipinski definition) is 1. The normalized spacial score (nSPS) is 13.8. The Morgan fingerprint density at radius 3 is 2.17 bits per heavy atom. The number of allylic oxidation sites excluding steroid dienone is 1. The van der Waals surface area contributed by atoms with Crippen molar-refractivity contribution in [3.8, 4) is 0 Å². The first-order valence-electron chi connectivity index (χ1n) is 4.64. The molecule has 0 amide bonds. The van der Waals surface area contributed by atoms with Crippen molar-refractivity contribution in [2.45, 2.75) is 51.9 Å². The molecule has 0 bridgehead atoms. The van der Waals surface area contributed by atoms with Crippen LogP contribution in [0.4, 0.5) is 0 Å². The molecule has 0 spiro atoms. The van der Waals surface area contributed by atoms with Gasteiger partial charge in [0.15, 0.2) is 0 Å². The molecule has 0 N–H and O–H groups in total. The molecule has 0 fully saturated rings. The fraction of sp³-hybridized carbons (Fsp3) is 0.800. The van der Waals surface area contributed by atoms with Crippen molar-refractivity contribution in [3.05, 3.63) is 5.57 Å². The Hall–Kier alpha value is -0.333. The van der Waals surface area contributed by atoms with E-state index in [1.54, 1.807) is 0 Å². The van der Waals surface area contributed by atoms with Crippen LogP contribution < -0.4 is 0 Å². The maximum absolute atomic E-state index is 10.5. The third-order valence-electron chi connectivity index (χ3n) is 2.60. The number of hydrogen-bond donors (Lipinski definition) is 0. The zero-order valence-electron chi connectivity index (χ0n) is 8.90. The van der Waals surface area contributed by atoms with Crippen LogP contribution in [-0.2, 0) is 4.79 Å². The van der Waals surface area contributed by atoms with E-state index >= 15 is 0 Å². The first-order chi connectivity index (χ1) is 5.41. The lowest BCUT2D eigenvalue weighted by molar-refractivity contribution is 0.564. The molecule has 0 radical (unpaired) electrons. The van der Waals surface area contributed by atoms with Gasteiger partial charge in [-0.25, -0.2) is 4.79 Å². The molecule has 1 atom stereocenters. The molecule has 0 saturated heterocycles. The molecule has 0 aliphatic rings. The van der Waals surface area contributed by atoms with Gasteiger partial charge in [0.1, 0.15) is 5.94 Å². The van der Waals surface area contributed by atoms with E-state index in [4.69, 9.17) is 0 Å². The largest absolute Gasteiger partial charge is 0.234 e. The van der Waals surface area contributed by atoms with Crippen molar-refractivity contribution in [3.63, 3.8) is 0 Å². The molecule has 12 heavy (non-hydrogen) atoms. The summed E-state index contributed by atoms with van der Waals surface area (Å²) in [5, 5.41) is 0. The van der Waals surface area contributed by atoms with Gasteiger partial charge in [-0.15, -0.1) is 0 Å². The zero-order chi connectivity index (χ0) is 9.78. The Labute approximate surface area is 76.9 Å². The van der Waals surface area contributed by atoms with E-state index in [1.807, 2.05) is 12.9 Å². The highest BCUT2D eigenvalue weighted by Crippen LogP contribution is 2.27. The van der Waals surface area contributed by atoms with Crippen LogP contribution in [0.25, 0.3) is 0 Å². The van der Waals surface area contributed by atoms with E-state index in [1.165, 1.54) is 0 Å². The van der Waals surface area contributed by atoms with E-state index in [0.717, 1.165) is 18.4 Å². The van der Waals surface area contributed by atoms with E-state index in [9.17, 15) is 4.79 Å². The highest BCUT2D eigenvalue weighted by atomic mass is 28.3. The SMILES string of the molecule is CCC(=C=O)CC(C)[Si](C)(C)C. The van der Waals surface area contributed by atoms with Crippen LogP contribution in [-0.4, -0.2) is 14.0 Å². The van der Waals surface area contributed by atoms with Gasteiger partial charge in [-0.05, 0) is 18.4 Å². The Balaban J connectivity index is 4.18. The van der Waals surface area contributed by atoms with Crippen LogP contribution in [0.15, 0.2) is 5.57 Å². The van der Waals surface area contributed by atoms with Crippen LogP contribution in [0.3, 0.4) is 0 Å². The zero-order valence-corrected chi connectivity index (χ0v) is 9.90. The molecule has 0 heterocycles. The molecular weight excluding hydrogens is 164 g/mol. The van der Waals surface area contributed by atoms with Gasteiger partial charge in [-0.1, -0.05) is 33.5 Å². The van der Waals surface area contributed by atoms with Gasteiger partial charge < -0.3 is 0 Å². The fourth-order valence-corrected chi connectivity index (χ4v) is 1.79. The van der Waals surface area contributed by atoms with Crippen molar-refractivity contribution in [2.75, 3.05) is 0 Å². The second-order valence-corrected chi connectivity index (χ2v) is 10.2. The smallest absolute Gasteiger partial charge is 0.123 e. The molecular formula is C10H20OSi. The quantitative estimate of drug-likeness (QED) is 0.484. The summed E-state index contributed by atoms with van der Waals surface area (Å²) in [7, 11) is -1.06. The minimum Gasteiger partial charge on any atom is -0.234 e. The van der Waals surface area contributed by atoms with E-state index < -0.39 is 8.07 Å². The maximum atomic E-state index is 10.5. The van der Waals surface area contributed by atoms with Crippen LogP contribution >= 0.6 is 0 Å². The predicted octanol–water partition coefficient (Wildman–Crippen LogP) is 3.27. The molecule has 0 aliphatic heterocycles. The molecule has 0 saturated carbocycles. The molecule has 0 rings (SSSR count). The summed E-state index contributed by atoms with van der Waals surface area (Å²) in [6.45, 7) is 11.3. The lowest BCUT2D eigenvalue weighted by atomic mass is 10.1. The molecule has 1 nitrogen and oxygen atoms in total. The monoisotopic (exact) mass is 184 g/mol. The summed E-state index contributed by atoms with van der Waals surface area (Å²) in [6, 6.07) is 0. The van der Waals surface area contributed by atoms with Gasteiger partial charge >= 0.3 is 0 Å². The predicted molar refractivity (Wildman–Crippen MR) is 56.9 cm³/mol. The molecule has 0 aromatic carbocycles. The molecule has 1 unspecified atom stereocenters. The summed E-state index contributed by atoms with van der Waals surface area (Å²) in [5.41, 5.74) is 1.64. The number of rotatable bonds is 4. The fourth-order valence-electron chi connectivity index (χ4n) is 0.934. The molecule has 0 aliphatic carbocycles. The molecule has 70 valence electrons. The van der Waals surface area contributed by atoms with E-state index in [2.05, 4.69) is 26.6 Å². The highest BCUT2D eigenvalue weighted by Gasteiger charge is 2.22. The average molecular weight is 184 g/mol. The van der Waals surface area contributed by atoms with Crippen LogP contribution in [0.5, 0.6) is 0 Å². The van der Waals surface area contributed by atoms with Gasteiger partial charge in [0.05, 0.1) is 0 Å². The van der Waals surface area contributed by atoms with Gasteiger partial charge in [0.25, 0.3) is 0 Å². The third-order valence-corrected chi connectivity index (χ3v) is 5.76. The second kappa shape index (κ2) is 4.63. The van der Waals surface area contributed by atoms with E-state index in [0.29, 0.717) is 5.54 Å². The lowest BCUT2D eigenvalue weighted by Gasteiger charge is -2.24. The Morgan fingerprint density at radius 2 is 1.92 bits per heavy atom. The van der Waals surface area contributed by atoms with Gasteiger partial charge in [-0.3, -0.25) is 0 Å². The van der Waals surface area contributed by atoms with Crippen molar-refractivity contribution in [2.24, 2.45) is 0 Å². The Kier molecular flexibility index (Phi) is 4.51. The van der Waals surface area contributed by atoms with Crippen molar-refractivity contribution < 1.29 is 4.79 Å². The average Bonchev–Trinajstić information content (AvgIpc) is 1.97. The van der Waals surface area contributed by atoms with Crippen molar-refractivity contribution in [1.82, 2.24) is 0 Å². The number of carbonyl (C=O) groups excluding carboxylic acids is 1. The highest BCUT2D eigenvalue weighted by molar-refractivity contribution is 6.77. The van der Waals surface area contributed by atoms with Gasteiger partial charge in [-0.2, -0.15) is 0 Å². The molecule has 2 heteroatoms. The Morgan fingerprint density at radius 1 is 1.42 bits per heavy atom. The first kappa shape index (κ1) is 11.7. The summed E-state index contributed by atoms with van der Waals surface area (Å²) in [6.07, 6.45) is 1.81. The molecule has 0 aromatic heterocycles. The molecule has 0 aromatic rings. The standard InChI is InChI=1S/C10H20OSi/c1-6-10(8-11)7-9(2)12(3,4)5/h9H,6-7H2,1-5H3. The summed E-state index contributed by atoms with van der Waals surface area (Å²) in [5.74, 6) is 2.04. The topological polar surface area (TPSA) is 17.1 Å².